The maximum atomic E-state index is 12.4. The molecule has 4 N–H and O–H groups in total. The van der Waals surface area contributed by atoms with Crippen molar-refractivity contribution in [3.63, 3.8) is 0 Å². The van der Waals surface area contributed by atoms with Gasteiger partial charge in [0.2, 0.25) is 5.91 Å². The highest BCUT2D eigenvalue weighted by molar-refractivity contribution is 6.35. The maximum Gasteiger partial charge on any atom is 0.309 e. The summed E-state index contributed by atoms with van der Waals surface area (Å²) >= 11 is 0. The van der Waals surface area contributed by atoms with Gasteiger partial charge in [0.05, 0.1) is 5.92 Å². The summed E-state index contributed by atoms with van der Waals surface area (Å²) < 4.78 is 0. The van der Waals surface area contributed by atoms with Crippen molar-refractivity contribution >= 4 is 23.4 Å². The third-order valence-corrected chi connectivity index (χ3v) is 6.18. The number of piperidine rings is 1. The molecule has 1 saturated heterocycles. The van der Waals surface area contributed by atoms with Crippen LogP contribution in [0.1, 0.15) is 24.0 Å². The van der Waals surface area contributed by atoms with Gasteiger partial charge in [-0.3, -0.25) is 19.4 Å². The molecule has 2 aromatic carbocycles. The number of hydrogen-bond acceptors (Lipinski definition) is 5. The number of carbonyl (C=O) groups excluding carboxylic acids is 3. The van der Waals surface area contributed by atoms with Gasteiger partial charge in [0.15, 0.2) is 0 Å². The van der Waals surface area contributed by atoms with Crippen molar-refractivity contribution in [1.29, 1.82) is 0 Å². The summed E-state index contributed by atoms with van der Waals surface area (Å²) in [5.41, 5.74) is 10.2. The average Bonchev–Trinajstić information content (AvgIpc) is 2.91. The maximum absolute atomic E-state index is 12.4. The Bertz CT molecular complexity index is 1200. The third-order valence-electron chi connectivity index (χ3n) is 6.18. The molecular weight excluding hydrogens is 442 g/mol. The molecule has 1 atom stereocenters. The van der Waals surface area contributed by atoms with Gasteiger partial charge in [0, 0.05) is 44.3 Å². The number of anilines is 1. The van der Waals surface area contributed by atoms with Crippen LogP contribution in [0.15, 0.2) is 73.1 Å². The van der Waals surface area contributed by atoms with Crippen LogP contribution in [-0.4, -0.2) is 35.8 Å². The van der Waals surface area contributed by atoms with Crippen molar-refractivity contribution in [2.24, 2.45) is 11.7 Å². The number of carbonyl (C=O) groups is 3. The smallest absolute Gasteiger partial charge is 0.309 e. The van der Waals surface area contributed by atoms with Gasteiger partial charge in [-0.05, 0) is 53.3 Å². The SMILES string of the molecule is NC(=O)C1CCCN(c2ccccc2CNC(=O)C(=O)NCc2cccc(-c3cccnc3)c2)C1. The Morgan fingerprint density at radius 3 is 2.49 bits per heavy atom. The lowest BCUT2D eigenvalue weighted by atomic mass is 9.96. The van der Waals surface area contributed by atoms with E-state index in [1.165, 1.54) is 0 Å². The third kappa shape index (κ3) is 6.23. The number of para-hydroxylation sites is 1. The molecule has 0 spiro atoms. The van der Waals surface area contributed by atoms with Crippen LogP contribution in [0.5, 0.6) is 0 Å². The first kappa shape index (κ1) is 23.9. The highest BCUT2D eigenvalue weighted by atomic mass is 16.2. The monoisotopic (exact) mass is 471 g/mol. The fourth-order valence-corrected chi connectivity index (χ4v) is 4.31. The molecule has 0 radical (unpaired) electrons. The van der Waals surface area contributed by atoms with E-state index >= 15 is 0 Å². The van der Waals surface area contributed by atoms with E-state index in [1.807, 2.05) is 60.7 Å². The lowest BCUT2D eigenvalue weighted by Crippen LogP contribution is -2.42. The first-order valence-electron chi connectivity index (χ1n) is 11.7. The van der Waals surface area contributed by atoms with Crippen molar-refractivity contribution < 1.29 is 14.4 Å². The molecule has 1 unspecified atom stereocenters. The summed E-state index contributed by atoms with van der Waals surface area (Å²) in [6.07, 6.45) is 5.16. The first-order chi connectivity index (χ1) is 17.0. The van der Waals surface area contributed by atoms with Crippen molar-refractivity contribution in [1.82, 2.24) is 15.6 Å². The number of nitrogens with zero attached hydrogens (tertiary/aromatic N) is 2. The van der Waals surface area contributed by atoms with Gasteiger partial charge >= 0.3 is 11.8 Å². The van der Waals surface area contributed by atoms with Gasteiger partial charge in [-0.1, -0.05) is 42.5 Å². The van der Waals surface area contributed by atoms with Gasteiger partial charge < -0.3 is 21.3 Å². The number of primary amides is 1. The number of amides is 3. The molecule has 8 heteroatoms. The minimum absolute atomic E-state index is 0.186. The molecule has 1 fully saturated rings. The number of rotatable bonds is 7. The van der Waals surface area contributed by atoms with E-state index in [4.69, 9.17) is 5.73 Å². The van der Waals surface area contributed by atoms with Crippen molar-refractivity contribution in [3.05, 3.63) is 84.2 Å². The van der Waals surface area contributed by atoms with Gasteiger partial charge in [0.25, 0.3) is 0 Å². The van der Waals surface area contributed by atoms with Crippen LogP contribution in [0.4, 0.5) is 5.69 Å². The predicted molar refractivity (Wildman–Crippen MR) is 134 cm³/mol. The molecule has 1 aliphatic heterocycles. The van der Waals surface area contributed by atoms with Crippen LogP contribution < -0.4 is 21.3 Å². The van der Waals surface area contributed by atoms with E-state index in [0.717, 1.165) is 47.3 Å². The Hall–Kier alpha value is -4.20. The highest BCUT2D eigenvalue weighted by Gasteiger charge is 2.25. The van der Waals surface area contributed by atoms with Crippen LogP contribution in [0.3, 0.4) is 0 Å². The number of pyridine rings is 1. The van der Waals surface area contributed by atoms with Crippen LogP contribution in [0.25, 0.3) is 11.1 Å². The van der Waals surface area contributed by atoms with E-state index in [1.54, 1.807) is 12.4 Å². The first-order valence-corrected chi connectivity index (χ1v) is 11.7. The molecule has 0 saturated carbocycles. The average molecular weight is 472 g/mol. The molecule has 0 bridgehead atoms. The molecule has 0 aliphatic carbocycles. The molecule has 4 rings (SSSR count). The summed E-state index contributed by atoms with van der Waals surface area (Å²) in [7, 11) is 0. The molecular formula is C27H29N5O3. The van der Waals surface area contributed by atoms with Crippen LogP contribution >= 0.6 is 0 Å². The van der Waals surface area contributed by atoms with E-state index in [9.17, 15) is 14.4 Å². The van der Waals surface area contributed by atoms with Gasteiger partial charge in [-0.25, -0.2) is 0 Å². The van der Waals surface area contributed by atoms with Crippen molar-refractivity contribution in [2.75, 3.05) is 18.0 Å². The molecule has 1 aliphatic rings. The Labute approximate surface area is 204 Å². The zero-order valence-corrected chi connectivity index (χ0v) is 19.4. The van der Waals surface area contributed by atoms with E-state index < -0.39 is 11.8 Å². The molecule has 180 valence electrons. The largest absolute Gasteiger partial charge is 0.370 e. The lowest BCUT2D eigenvalue weighted by Gasteiger charge is -2.34. The number of aromatic nitrogens is 1. The van der Waals surface area contributed by atoms with Crippen LogP contribution in [-0.2, 0) is 27.5 Å². The quantitative estimate of drug-likeness (QED) is 0.458. The molecule has 1 aromatic heterocycles. The number of nitrogens with two attached hydrogens (primary N) is 1. The topological polar surface area (TPSA) is 117 Å². The Kier molecular flexibility index (Phi) is 7.72. The Morgan fingerprint density at radius 2 is 1.71 bits per heavy atom. The molecule has 8 nitrogen and oxygen atoms in total. The second-order valence-corrected chi connectivity index (χ2v) is 8.62. The fraction of sp³-hybridized carbons (Fsp3) is 0.259. The lowest BCUT2D eigenvalue weighted by molar-refractivity contribution is -0.139. The minimum Gasteiger partial charge on any atom is -0.370 e. The summed E-state index contributed by atoms with van der Waals surface area (Å²) in [6, 6.07) is 19.2. The molecule has 35 heavy (non-hydrogen) atoms. The fourth-order valence-electron chi connectivity index (χ4n) is 4.31. The van der Waals surface area contributed by atoms with Gasteiger partial charge in [-0.15, -0.1) is 0 Å². The number of benzene rings is 2. The zero-order valence-electron chi connectivity index (χ0n) is 19.4. The summed E-state index contributed by atoms with van der Waals surface area (Å²) in [6.45, 7) is 1.81. The molecule has 2 heterocycles. The molecule has 3 aromatic rings. The van der Waals surface area contributed by atoms with Gasteiger partial charge in [-0.2, -0.15) is 0 Å². The van der Waals surface area contributed by atoms with Crippen molar-refractivity contribution in [2.45, 2.75) is 25.9 Å². The van der Waals surface area contributed by atoms with E-state index in [2.05, 4.69) is 20.5 Å². The Morgan fingerprint density at radius 1 is 0.943 bits per heavy atom. The summed E-state index contributed by atoms with van der Waals surface area (Å²) in [5.74, 6) is -1.87. The normalized spacial score (nSPS) is 15.3. The predicted octanol–water partition coefficient (Wildman–Crippen LogP) is 2.38. The highest BCUT2D eigenvalue weighted by Crippen LogP contribution is 2.26. The summed E-state index contributed by atoms with van der Waals surface area (Å²) in [4.78, 5) is 42.8. The van der Waals surface area contributed by atoms with Crippen molar-refractivity contribution in [3.8, 4) is 11.1 Å². The zero-order chi connectivity index (χ0) is 24.6. The van der Waals surface area contributed by atoms with Crippen LogP contribution in [0, 0.1) is 5.92 Å². The molecule has 3 amide bonds. The second kappa shape index (κ2) is 11.3. The second-order valence-electron chi connectivity index (χ2n) is 8.62. The number of hydrogen-bond donors (Lipinski definition) is 3. The summed E-state index contributed by atoms with van der Waals surface area (Å²) in [5, 5.41) is 5.39. The van der Waals surface area contributed by atoms with E-state index in [0.29, 0.717) is 6.54 Å². The minimum atomic E-state index is -0.697. The number of nitrogens with one attached hydrogen (secondary N) is 2. The van der Waals surface area contributed by atoms with Gasteiger partial charge in [0.1, 0.15) is 0 Å². The van der Waals surface area contributed by atoms with E-state index in [-0.39, 0.29) is 24.9 Å². The van der Waals surface area contributed by atoms with Crippen LogP contribution in [0.2, 0.25) is 0 Å². The standard InChI is InChI=1S/C27H29N5O3/c28-25(33)23-10-5-13-32(18-23)24-11-2-1-7-22(24)17-31-27(35)26(34)30-15-19-6-3-8-20(14-19)21-9-4-12-29-16-21/h1-4,6-9,11-12,14,16,23H,5,10,13,15,17-18H2,(H2,28,33)(H,30,34)(H,31,35). The Balaban J connectivity index is 1.33.